The summed E-state index contributed by atoms with van der Waals surface area (Å²) in [5.41, 5.74) is 1.26. The van der Waals surface area contributed by atoms with E-state index in [1.807, 2.05) is 0 Å². The quantitative estimate of drug-likeness (QED) is 0.682. The number of aromatic nitrogens is 2. The fourth-order valence-corrected chi connectivity index (χ4v) is 2.06. The lowest BCUT2D eigenvalue weighted by Gasteiger charge is -2.07. The fourth-order valence-electron chi connectivity index (χ4n) is 2.06. The maximum Gasteiger partial charge on any atom is 0.345 e. The molecule has 0 aliphatic heterocycles. The molecule has 0 saturated heterocycles. The molecule has 0 N–H and O–H groups in total. The van der Waals surface area contributed by atoms with Crippen molar-refractivity contribution in [2.45, 2.75) is 6.92 Å². The van der Waals surface area contributed by atoms with Gasteiger partial charge in [0.05, 0.1) is 11.1 Å². The van der Waals surface area contributed by atoms with E-state index in [1.165, 1.54) is 6.07 Å². The molecule has 0 aliphatic carbocycles. The minimum atomic E-state index is -0.591. The summed E-state index contributed by atoms with van der Waals surface area (Å²) in [4.78, 5) is 32.2. The van der Waals surface area contributed by atoms with E-state index < -0.39 is 11.9 Å². The molecular weight excluding hydrogens is 320 g/mol. The molecule has 1 heterocycles. The van der Waals surface area contributed by atoms with Crippen LogP contribution in [0.5, 0.6) is 11.9 Å². The molecule has 0 radical (unpaired) electrons. The Bertz CT molecular complexity index is 824. The van der Waals surface area contributed by atoms with Crippen molar-refractivity contribution in [3.63, 3.8) is 0 Å². The Balaban J connectivity index is 1.76. The molecule has 0 fully saturated rings. The number of rotatable bonds is 4. The van der Waals surface area contributed by atoms with Crippen molar-refractivity contribution in [1.82, 2.24) is 9.97 Å². The molecule has 0 bridgehead atoms. The van der Waals surface area contributed by atoms with Crippen molar-refractivity contribution in [2.75, 3.05) is 0 Å². The molecule has 0 amide bonds. The number of aryl methyl sites for hydroxylation is 1. The van der Waals surface area contributed by atoms with E-state index >= 15 is 0 Å². The Morgan fingerprint density at radius 2 is 1.28 bits per heavy atom. The minimum Gasteiger partial charge on any atom is -0.404 e. The van der Waals surface area contributed by atoms with Crippen LogP contribution in [0.4, 0.5) is 0 Å². The van der Waals surface area contributed by atoms with Gasteiger partial charge in [-0.25, -0.2) is 9.59 Å². The summed E-state index contributed by atoms with van der Waals surface area (Å²) >= 11 is 0. The van der Waals surface area contributed by atoms with Gasteiger partial charge in [-0.05, 0) is 31.2 Å². The van der Waals surface area contributed by atoms with Gasteiger partial charge in [-0.15, -0.1) is 0 Å². The summed E-state index contributed by atoms with van der Waals surface area (Å²) < 4.78 is 10.4. The Morgan fingerprint density at radius 3 is 1.84 bits per heavy atom. The lowest BCUT2D eigenvalue weighted by molar-refractivity contribution is 0.0711. The highest BCUT2D eigenvalue weighted by Gasteiger charge is 2.14. The number of carbonyl (C=O) groups is 2. The maximum absolute atomic E-state index is 12.1. The van der Waals surface area contributed by atoms with E-state index in [2.05, 4.69) is 9.97 Å². The monoisotopic (exact) mass is 334 g/mol. The normalized spacial score (nSPS) is 10.1. The second kappa shape index (κ2) is 7.35. The molecule has 124 valence electrons. The van der Waals surface area contributed by atoms with Crippen LogP contribution in [0, 0.1) is 6.92 Å². The second-order valence-electron chi connectivity index (χ2n) is 5.14. The zero-order chi connectivity index (χ0) is 17.6. The van der Waals surface area contributed by atoms with Gasteiger partial charge >= 0.3 is 17.9 Å². The standard InChI is InChI=1S/C19H14N2O4/c1-13-12-16(24-17(22)14-8-4-2-5-9-14)21-19(20-13)25-18(23)15-10-6-3-7-11-15/h2-12H,1H3. The summed E-state index contributed by atoms with van der Waals surface area (Å²) in [6.07, 6.45) is 0. The topological polar surface area (TPSA) is 78.4 Å². The Labute approximate surface area is 144 Å². The Kier molecular flexibility index (Phi) is 4.80. The van der Waals surface area contributed by atoms with Crippen LogP contribution in [0.15, 0.2) is 66.7 Å². The second-order valence-corrected chi connectivity index (χ2v) is 5.14. The van der Waals surface area contributed by atoms with Crippen LogP contribution in [0.3, 0.4) is 0 Å². The van der Waals surface area contributed by atoms with Gasteiger partial charge in [0.1, 0.15) is 0 Å². The summed E-state index contributed by atoms with van der Waals surface area (Å²) in [6, 6.07) is 18.3. The van der Waals surface area contributed by atoms with Crippen LogP contribution in [-0.2, 0) is 0 Å². The lowest BCUT2D eigenvalue weighted by atomic mass is 10.2. The van der Waals surface area contributed by atoms with Crippen LogP contribution in [0.1, 0.15) is 26.4 Å². The van der Waals surface area contributed by atoms with Crippen molar-refractivity contribution < 1.29 is 19.1 Å². The Hall–Kier alpha value is -3.54. The number of hydrogen-bond acceptors (Lipinski definition) is 6. The van der Waals surface area contributed by atoms with E-state index in [0.29, 0.717) is 16.8 Å². The third-order valence-corrected chi connectivity index (χ3v) is 3.21. The van der Waals surface area contributed by atoms with E-state index in [-0.39, 0.29) is 11.9 Å². The van der Waals surface area contributed by atoms with Gasteiger partial charge in [0.25, 0.3) is 0 Å². The fraction of sp³-hybridized carbons (Fsp3) is 0.0526. The summed E-state index contributed by atoms with van der Waals surface area (Å²) in [5.74, 6) is -1.14. The van der Waals surface area contributed by atoms with Crippen LogP contribution in [0.25, 0.3) is 0 Å². The molecule has 3 aromatic rings. The molecular formula is C19H14N2O4. The number of carbonyl (C=O) groups excluding carboxylic acids is 2. The van der Waals surface area contributed by atoms with E-state index in [0.717, 1.165) is 0 Å². The smallest absolute Gasteiger partial charge is 0.345 e. The van der Waals surface area contributed by atoms with Gasteiger partial charge in [-0.2, -0.15) is 9.97 Å². The van der Waals surface area contributed by atoms with Crippen LogP contribution < -0.4 is 9.47 Å². The molecule has 0 unspecified atom stereocenters. The summed E-state index contributed by atoms with van der Waals surface area (Å²) in [7, 11) is 0. The van der Waals surface area contributed by atoms with Gasteiger partial charge in [0, 0.05) is 11.8 Å². The van der Waals surface area contributed by atoms with E-state index in [9.17, 15) is 9.59 Å². The highest BCUT2D eigenvalue weighted by molar-refractivity contribution is 5.91. The van der Waals surface area contributed by atoms with Crippen LogP contribution in [0.2, 0.25) is 0 Å². The average molecular weight is 334 g/mol. The molecule has 0 saturated carbocycles. The molecule has 25 heavy (non-hydrogen) atoms. The zero-order valence-corrected chi connectivity index (χ0v) is 13.4. The molecule has 0 atom stereocenters. The molecule has 3 rings (SSSR count). The third kappa shape index (κ3) is 4.26. The predicted molar refractivity (Wildman–Crippen MR) is 89.6 cm³/mol. The summed E-state index contributed by atoms with van der Waals surface area (Å²) in [5, 5.41) is 0. The van der Waals surface area contributed by atoms with Crippen molar-refractivity contribution in [3.05, 3.63) is 83.6 Å². The molecule has 1 aromatic heterocycles. The number of ether oxygens (including phenoxy) is 2. The first kappa shape index (κ1) is 16.3. The van der Waals surface area contributed by atoms with Crippen molar-refractivity contribution >= 4 is 11.9 Å². The van der Waals surface area contributed by atoms with Gasteiger partial charge in [0.15, 0.2) is 0 Å². The van der Waals surface area contributed by atoms with Crippen LogP contribution in [-0.4, -0.2) is 21.9 Å². The largest absolute Gasteiger partial charge is 0.404 e. The maximum atomic E-state index is 12.1. The first-order chi connectivity index (χ1) is 12.1. The molecule has 0 aliphatic rings. The van der Waals surface area contributed by atoms with E-state index in [1.54, 1.807) is 67.6 Å². The molecule has 0 spiro atoms. The molecule has 6 nitrogen and oxygen atoms in total. The highest BCUT2D eigenvalue weighted by atomic mass is 16.6. The number of hydrogen-bond donors (Lipinski definition) is 0. The molecule has 2 aromatic carbocycles. The predicted octanol–water partition coefficient (Wildman–Crippen LogP) is 3.22. The number of nitrogens with zero attached hydrogens (tertiary/aromatic N) is 2. The van der Waals surface area contributed by atoms with Crippen molar-refractivity contribution in [1.29, 1.82) is 0 Å². The third-order valence-electron chi connectivity index (χ3n) is 3.21. The van der Waals surface area contributed by atoms with Crippen molar-refractivity contribution in [2.24, 2.45) is 0 Å². The van der Waals surface area contributed by atoms with Gasteiger partial charge < -0.3 is 9.47 Å². The molecule has 6 heteroatoms. The Morgan fingerprint density at radius 1 is 0.760 bits per heavy atom. The minimum absolute atomic E-state index is 0.0113. The van der Waals surface area contributed by atoms with Gasteiger partial charge in [-0.1, -0.05) is 36.4 Å². The SMILES string of the molecule is Cc1cc(OC(=O)c2ccccc2)nc(OC(=O)c2ccccc2)n1. The summed E-state index contributed by atoms with van der Waals surface area (Å²) in [6.45, 7) is 1.68. The zero-order valence-electron chi connectivity index (χ0n) is 13.4. The lowest BCUT2D eigenvalue weighted by Crippen LogP contribution is -2.13. The first-order valence-electron chi connectivity index (χ1n) is 7.52. The van der Waals surface area contributed by atoms with Gasteiger partial charge in [0.2, 0.25) is 5.88 Å². The number of benzene rings is 2. The first-order valence-corrected chi connectivity index (χ1v) is 7.52. The van der Waals surface area contributed by atoms with Gasteiger partial charge in [-0.3, -0.25) is 0 Å². The number of esters is 2. The average Bonchev–Trinajstić information content (AvgIpc) is 2.62. The van der Waals surface area contributed by atoms with Crippen LogP contribution >= 0.6 is 0 Å². The highest BCUT2D eigenvalue weighted by Crippen LogP contribution is 2.16. The van der Waals surface area contributed by atoms with Crippen molar-refractivity contribution in [3.8, 4) is 11.9 Å². The van der Waals surface area contributed by atoms with E-state index in [4.69, 9.17) is 9.47 Å².